The summed E-state index contributed by atoms with van der Waals surface area (Å²) in [5, 5.41) is 0. The second-order valence-corrected chi connectivity index (χ2v) is 4.05. The van der Waals surface area contributed by atoms with Gasteiger partial charge in [-0.15, -0.1) is 0 Å². The summed E-state index contributed by atoms with van der Waals surface area (Å²) in [6.45, 7) is 3.67. The highest BCUT2D eigenvalue weighted by Crippen LogP contribution is 2.01. The van der Waals surface area contributed by atoms with Crippen molar-refractivity contribution in [3.8, 4) is 0 Å². The Morgan fingerprint density at radius 3 is 2.86 bits per heavy atom. The van der Waals surface area contributed by atoms with Crippen LogP contribution in [0.1, 0.15) is 19.0 Å². The smallest absolute Gasteiger partial charge is 0.267 e. The molecule has 1 heterocycles. The minimum atomic E-state index is -0.139. The zero-order chi connectivity index (χ0) is 10.7. The molecule has 1 rings (SSSR count). The lowest BCUT2D eigenvalue weighted by Crippen LogP contribution is -2.27. The standard InChI is InChI=1S/C9H11IN2O2/c1-3-7(13)4-12-5-11-6(2)8(10)9(12)14/h5H,3-4H2,1-2H3. The first kappa shape index (κ1) is 11.4. The van der Waals surface area contributed by atoms with Crippen molar-refractivity contribution in [1.82, 2.24) is 9.55 Å². The number of aromatic nitrogens is 2. The minimum absolute atomic E-state index is 0.0357. The van der Waals surface area contributed by atoms with Gasteiger partial charge < -0.3 is 0 Å². The van der Waals surface area contributed by atoms with E-state index >= 15 is 0 Å². The first-order valence-electron chi connectivity index (χ1n) is 4.29. The highest BCUT2D eigenvalue weighted by Gasteiger charge is 2.07. The van der Waals surface area contributed by atoms with Crippen LogP contribution < -0.4 is 5.56 Å². The van der Waals surface area contributed by atoms with Gasteiger partial charge in [-0.1, -0.05) is 6.92 Å². The van der Waals surface area contributed by atoms with Crippen LogP contribution in [0.3, 0.4) is 0 Å². The third-order valence-electron chi connectivity index (χ3n) is 1.90. The van der Waals surface area contributed by atoms with Gasteiger partial charge in [0.05, 0.1) is 22.1 Å². The van der Waals surface area contributed by atoms with E-state index in [0.29, 0.717) is 15.7 Å². The molecule has 0 aliphatic heterocycles. The van der Waals surface area contributed by atoms with Crippen LogP contribution in [0.5, 0.6) is 0 Å². The van der Waals surface area contributed by atoms with Crippen molar-refractivity contribution in [3.05, 3.63) is 25.9 Å². The fourth-order valence-corrected chi connectivity index (χ4v) is 1.41. The van der Waals surface area contributed by atoms with Crippen molar-refractivity contribution in [3.63, 3.8) is 0 Å². The number of Topliss-reactive ketones (excluding diaryl/α,β-unsaturated/α-hetero) is 1. The molecule has 0 aliphatic rings. The molecule has 0 saturated carbocycles. The first-order chi connectivity index (χ1) is 6.56. The maximum atomic E-state index is 11.6. The number of carbonyl (C=O) groups excluding carboxylic acids is 1. The fourth-order valence-electron chi connectivity index (χ4n) is 0.961. The summed E-state index contributed by atoms with van der Waals surface area (Å²) in [7, 11) is 0. The second-order valence-electron chi connectivity index (χ2n) is 2.97. The van der Waals surface area contributed by atoms with E-state index in [1.807, 2.05) is 22.6 Å². The molecule has 1 aromatic rings. The average molecular weight is 306 g/mol. The third kappa shape index (κ3) is 2.40. The molecule has 0 atom stereocenters. The average Bonchev–Trinajstić information content (AvgIpc) is 2.19. The monoisotopic (exact) mass is 306 g/mol. The van der Waals surface area contributed by atoms with Gasteiger partial charge in [0.2, 0.25) is 0 Å². The van der Waals surface area contributed by atoms with E-state index < -0.39 is 0 Å². The van der Waals surface area contributed by atoms with Gasteiger partial charge in [0, 0.05) is 6.42 Å². The van der Waals surface area contributed by atoms with Gasteiger partial charge in [-0.2, -0.15) is 0 Å². The van der Waals surface area contributed by atoms with Gasteiger partial charge in [0.1, 0.15) is 0 Å². The summed E-state index contributed by atoms with van der Waals surface area (Å²) in [6, 6.07) is 0. The van der Waals surface area contributed by atoms with Crippen molar-refractivity contribution in [2.45, 2.75) is 26.8 Å². The molecule has 0 aliphatic carbocycles. The Bertz CT molecular complexity index is 412. The summed E-state index contributed by atoms with van der Waals surface area (Å²) in [5.74, 6) is 0.0357. The number of halogens is 1. The number of rotatable bonds is 3. The van der Waals surface area contributed by atoms with Crippen LogP contribution in [0.15, 0.2) is 11.1 Å². The molecule has 0 saturated heterocycles. The number of nitrogens with zero attached hydrogens (tertiary/aromatic N) is 2. The number of ketones is 1. The number of carbonyl (C=O) groups is 1. The highest BCUT2D eigenvalue weighted by molar-refractivity contribution is 14.1. The Balaban J connectivity index is 3.06. The van der Waals surface area contributed by atoms with Gasteiger partial charge in [0.25, 0.3) is 5.56 Å². The molecule has 0 N–H and O–H groups in total. The maximum absolute atomic E-state index is 11.6. The largest absolute Gasteiger partial charge is 0.298 e. The molecule has 0 aromatic carbocycles. The molecule has 1 aromatic heterocycles. The zero-order valence-corrected chi connectivity index (χ0v) is 10.2. The first-order valence-corrected chi connectivity index (χ1v) is 5.37. The molecule has 0 radical (unpaired) electrons. The predicted molar refractivity (Wildman–Crippen MR) is 61.2 cm³/mol. The molecule has 0 spiro atoms. The van der Waals surface area contributed by atoms with Crippen molar-refractivity contribution in [2.24, 2.45) is 0 Å². The Kier molecular flexibility index (Phi) is 3.79. The third-order valence-corrected chi connectivity index (χ3v) is 3.14. The van der Waals surface area contributed by atoms with Crippen molar-refractivity contribution >= 4 is 28.4 Å². The molecule has 14 heavy (non-hydrogen) atoms. The van der Waals surface area contributed by atoms with Crippen LogP contribution >= 0.6 is 22.6 Å². The minimum Gasteiger partial charge on any atom is -0.298 e. The number of hydrogen-bond donors (Lipinski definition) is 0. The van der Waals surface area contributed by atoms with Gasteiger partial charge in [-0.05, 0) is 29.5 Å². The zero-order valence-electron chi connectivity index (χ0n) is 8.08. The van der Waals surface area contributed by atoms with E-state index in [0.717, 1.165) is 0 Å². The normalized spacial score (nSPS) is 10.2. The molecule has 0 unspecified atom stereocenters. The van der Waals surface area contributed by atoms with Gasteiger partial charge in [-0.25, -0.2) is 4.98 Å². The van der Waals surface area contributed by atoms with Gasteiger partial charge in [-0.3, -0.25) is 14.2 Å². The second kappa shape index (κ2) is 4.68. The Labute approximate surface area is 95.5 Å². The quantitative estimate of drug-likeness (QED) is 0.787. The van der Waals surface area contributed by atoms with Crippen LogP contribution in [0.4, 0.5) is 0 Å². The Morgan fingerprint density at radius 2 is 2.29 bits per heavy atom. The molecular weight excluding hydrogens is 295 g/mol. The van der Waals surface area contributed by atoms with Crippen molar-refractivity contribution in [2.75, 3.05) is 0 Å². The Hall–Kier alpha value is -0.720. The van der Waals surface area contributed by atoms with E-state index in [1.165, 1.54) is 10.9 Å². The topological polar surface area (TPSA) is 52.0 Å². The molecule has 0 amide bonds. The molecule has 4 nitrogen and oxygen atoms in total. The summed E-state index contributed by atoms with van der Waals surface area (Å²) in [5.41, 5.74) is 0.565. The van der Waals surface area contributed by atoms with Crippen molar-refractivity contribution < 1.29 is 4.79 Å². The van der Waals surface area contributed by atoms with Crippen molar-refractivity contribution in [1.29, 1.82) is 0 Å². The van der Waals surface area contributed by atoms with Crippen LogP contribution in [-0.4, -0.2) is 15.3 Å². The van der Waals surface area contributed by atoms with Crippen LogP contribution in [-0.2, 0) is 11.3 Å². The molecular formula is C9H11IN2O2. The summed E-state index contributed by atoms with van der Waals surface area (Å²) >= 11 is 1.95. The van der Waals surface area contributed by atoms with Crippen LogP contribution in [0.25, 0.3) is 0 Å². The summed E-state index contributed by atoms with van der Waals surface area (Å²) < 4.78 is 1.93. The molecule has 0 bridgehead atoms. The lowest BCUT2D eigenvalue weighted by Gasteiger charge is -2.04. The van der Waals surface area contributed by atoms with Gasteiger partial charge in [0.15, 0.2) is 5.78 Å². The van der Waals surface area contributed by atoms with Crippen LogP contribution in [0, 0.1) is 10.5 Å². The lowest BCUT2D eigenvalue weighted by molar-refractivity contribution is -0.119. The number of aryl methyl sites for hydroxylation is 1. The predicted octanol–water partition coefficient (Wildman–Crippen LogP) is 1.14. The van der Waals surface area contributed by atoms with E-state index in [9.17, 15) is 9.59 Å². The van der Waals surface area contributed by atoms with E-state index in [2.05, 4.69) is 4.98 Å². The molecule has 5 heteroatoms. The molecule has 76 valence electrons. The molecule has 0 fully saturated rings. The lowest BCUT2D eigenvalue weighted by atomic mass is 10.3. The maximum Gasteiger partial charge on any atom is 0.267 e. The van der Waals surface area contributed by atoms with Crippen LogP contribution in [0.2, 0.25) is 0 Å². The van der Waals surface area contributed by atoms with E-state index in [-0.39, 0.29) is 17.9 Å². The van der Waals surface area contributed by atoms with E-state index in [4.69, 9.17) is 0 Å². The summed E-state index contributed by atoms with van der Waals surface area (Å²) in [4.78, 5) is 26.8. The summed E-state index contributed by atoms with van der Waals surface area (Å²) in [6.07, 6.45) is 1.87. The van der Waals surface area contributed by atoms with Gasteiger partial charge >= 0.3 is 0 Å². The highest BCUT2D eigenvalue weighted by atomic mass is 127. The van der Waals surface area contributed by atoms with E-state index in [1.54, 1.807) is 13.8 Å². The fraction of sp³-hybridized carbons (Fsp3) is 0.444. The Morgan fingerprint density at radius 1 is 1.64 bits per heavy atom. The number of hydrogen-bond acceptors (Lipinski definition) is 3. The SMILES string of the molecule is CCC(=O)Cn1cnc(C)c(I)c1=O.